The zero-order chi connectivity index (χ0) is 10.1. The van der Waals surface area contributed by atoms with E-state index in [0.717, 1.165) is 5.57 Å². The standard InChI is InChI=1S/C12H14BN/c1-9(2)11-8-10-6-4-5-7-12(10)14-13(11)3/h4-8,14H,1H2,2-3H3. The molecule has 0 fully saturated rings. The van der Waals surface area contributed by atoms with Gasteiger partial charge in [0.2, 0.25) is 0 Å². The summed E-state index contributed by atoms with van der Waals surface area (Å²) >= 11 is 0. The Labute approximate surface area is 85.6 Å². The average Bonchev–Trinajstić information content (AvgIpc) is 2.16. The van der Waals surface area contributed by atoms with Gasteiger partial charge in [-0.2, -0.15) is 0 Å². The third-order valence-electron chi connectivity index (χ3n) is 2.60. The minimum atomic E-state index is 0.363. The van der Waals surface area contributed by atoms with Crippen LogP contribution in [0.25, 0.3) is 6.08 Å². The van der Waals surface area contributed by atoms with Crippen molar-refractivity contribution >= 4 is 18.6 Å². The lowest BCUT2D eigenvalue weighted by Gasteiger charge is -2.23. The number of hydrogen-bond acceptors (Lipinski definition) is 1. The van der Waals surface area contributed by atoms with Gasteiger partial charge in [0.15, 0.2) is 0 Å². The van der Waals surface area contributed by atoms with Crippen LogP contribution in [-0.2, 0) is 0 Å². The van der Waals surface area contributed by atoms with Gasteiger partial charge in [0, 0.05) is 5.69 Å². The van der Waals surface area contributed by atoms with Gasteiger partial charge in [-0.3, -0.25) is 0 Å². The van der Waals surface area contributed by atoms with E-state index in [1.165, 1.54) is 16.7 Å². The second-order valence-corrected chi connectivity index (χ2v) is 3.83. The Morgan fingerprint density at radius 1 is 1.36 bits per heavy atom. The second-order valence-electron chi connectivity index (χ2n) is 3.83. The highest BCUT2D eigenvalue weighted by Crippen LogP contribution is 2.27. The van der Waals surface area contributed by atoms with Crippen molar-refractivity contribution in [3.8, 4) is 0 Å². The van der Waals surface area contributed by atoms with Crippen molar-refractivity contribution in [3.05, 3.63) is 47.5 Å². The highest BCUT2D eigenvalue weighted by atomic mass is 14.8. The summed E-state index contributed by atoms with van der Waals surface area (Å²) in [6.07, 6.45) is 2.22. The van der Waals surface area contributed by atoms with Crippen LogP contribution in [-0.4, -0.2) is 6.85 Å². The Hall–Kier alpha value is -1.44. The fourth-order valence-corrected chi connectivity index (χ4v) is 1.85. The monoisotopic (exact) mass is 183 g/mol. The fourth-order valence-electron chi connectivity index (χ4n) is 1.85. The molecule has 1 aliphatic rings. The van der Waals surface area contributed by atoms with Crippen molar-refractivity contribution in [2.45, 2.75) is 13.7 Å². The van der Waals surface area contributed by atoms with Gasteiger partial charge < -0.3 is 5.23 Å². The van der Waals surface area contributed by atoms with Crippen LogP contribution in [0, 0.1) is 0 Å². The topological polar surface area (TPSA) is 12.0 Å². The molecule has 1 aromatic carbocycles. The van der Waals surface area contributed by atoms with Gasteiger partial charge in [-0.25, -0.2) is 0 Å². The first-order chi connectivity index (χ1) is 6.68. The summed E-state index contributed by atoms with van der Waals surface area (Å²) in [7, 11) is 0. The molecule has 2 rings (SSSR count). The van der Waals surface area contributed by atoms with E-state index in [1.807, 2.05) is 0 Å². The molecular formula is C12H14BN. The van der Waals surface area contributed by atoms with Crippen molar-refractivity contribution in [2.24, 2.45) is 0 Å². The maximum Gasteiger partial charge on any atom is 0.283 e. The lowest BCUT2D eigenvalue weighted by Crippen LogP contribution is -2.27. The summed E-state index contributed by atoms with van der Waals surface area (Å²) in [5, 5.41) is 3.46. The molecule has 0 amide bonds. The van der Waals surface area contributed by atoms with Crippen molar-refractivity contribution in [1.29, 1.82) is 0 Å². The van der Waals surface area contributed by atoms with E-state index in [-0.39, 0.29) is 0 Å². The summed E-state index contributed by atoms with van der Waals surface area (Å²) in [6.45, 7) is 8.57. The largest absolute Gasteiger partial charge is 0.424 e. The number of nitrogens with one attached hydrogen (secondary N) is 1. The van der Waals surface area contributed by atoms with Crippen LogP contribution >= 0.6 is 0 Å². The molecule has 0 radical (unpaired) electrons. The average molecular weight is 183 g/mol. The molecule has 0 saturated heterocycles. The van der Waals surface area contributed by atoms with Gasteiger partial charge in [-0.05, 0) is 18.6 Å². The van der Waals surface area contributed by atoms with Crippen molar-refractivity contribution in [3.63, 3.8) is 0 Å². The summed E-state index contributed by atoms with van der Waals surface area (Å²) < 4.78 is 0. The van der Waals surface area contributed by atoms with Gasteiger partial charge in [0.05, 0.1) is 0 Å². The van der Waals surface area contributed by atoms with Gasteiger partial charge in [0.1, 0.15) is 0 Å². The molecule has 0 aromatic heterocycles. The lowest BCUT2D eigenvalue weighted by atomic mass is 9.54. The quantitative estimate of drug-likeness (QED) is 0.659. The number of benzene rings is 1. The van der Waals surface area contributed by atoms with Crippen LogP contribution in [0.4, 0.5) is 5.69 Å². The third-order valence-corrected chi connectivity index (χ3v) is 2.60. The predicted molar refractivity (Wildman–Crippen MR) is 64.5 cm³/mol. The molecular weight excluding hydrogens is 169 g/mol. The van der Waals surface area contributed by atoms with Crippen LogP contribution in [0.15, 0.2) is 41.9 Å². The van der Waals surface area contributed by atoms with E-state index in [4.69, 9.17) is 0 Å². The second kappa shape index (κ2) is 3.37. The molecule has 2 heteroatoms. The number of allylic oxidation sites excluding steroid dienone is 2. The van der Waals surface area contributed by atoms with Crippen LogP contribution in [0.1, 0.15) is 12.5 Å². The molecule has 0 spiro atoms. The molecule has 1 heterocycles. The molecule has 1 aromatic rings. The van der Waals surface area contributed by atoms with Gasteiger partial charge in [0.25, 0.3) is 6.85 Å². The van der Waals surface area contributed by atoms with Crippen LogP contribution in [0.2, 0.25) is 6.82 Å². The Balaban J connectivity index is 2.49. The summed E-state index contributed by atoms with van der Waals surface area (Å²) in [4.78, 5) is 0. The van der Waals surface area contributed by atoms with Crippen LogP contribution in [0.5, 0.6) is 0 Å². The van der Waals surface area contributed by atoms with E-state index in [0.29, 0.717) is 6.85 Å². The first-order valence-corrected chi connectivity index (χ1v) is 4.91. The van der Waals surface area contributed by atoms with Crippen molar-refractivity contribution in [1.82, 2.24) is 0 Å². The van der Waals surface area contributed by atoms with Crippen molar-refractivity contribution in [2.75, 3.05) is 5.23 Å². The Morgan fingerprint density at radius 2 is 2.07 bits per heavy atom. The van der Waals surface area contributed by atoms with Gasteiger partial charge >= 0.3 is 0 Å². The molecule has 1 aliphatic heterocycles. The zero-order valence-electron chi connectivity index (χ0n) is 8.67. The van der Waals surface area contributed by atoms with Gasteiger partial charge in [-0.1, -0.05) is 48.7 Å². The first kappa shape index (κ1) is 9.13. The van der Waals surface area contributed by atoms with E-state index >= 15 is 0 Å². The number of para-hydroxylation sites is 1. The third kappa shape index (κ3) is 1.48. The number of hydrogen-bond donors (Lipinski definition) is 1. The minimum absolute atomic E-state index is 0.363. The van der Waals surface area contributed by atoms with E-state index < -0.39 is 0 Å². The highest BCUT2D eigenvalue weighted by Gasteiger charge is 2.19. The SMILES string of the molecule is C=C(C)C1=Cc2ccccc2NB1C. The Kier molecular flexibility index (Phi) is 2.20. The molecule has 1 nitrogen and oxygen atoms in total. The van der Waals surface area contributed by atoms with E-state index in [9.17, 15) is 0 Å². The maximum absolute atomic E-state index is 3.99. The molecule has 0 atom stereocenters. The van der Waals surface area contributed by atoms with Crippen LogP contribution < -0.4 is 5.23 Å². The van der Waals surface area contributed by atoms with Gasteiger partial charge in [-0.15, -0.1) is 0 Å². The molecule has 0 saturated carbocycles. The molecule has 1 N–H and O–H groups in total. The first-order valence-electron chi connectivity index (χ1n) is 4.91. The summed E-state index contributed by atoms with van der Waals surface area (Å²) in [5.41, 5.74) is 4.90. The Bertz CT molecular complexity index is 407. The van der Waals surface area contributed by atoms with E-state index in [2.05, 4.69) is 55.9 Å². The minimum Gasteiger partial charge on any atom is -0.424 e. The number of anilines is 1. The Morgan fingerprint density at radius 3 is 2.79 bits per heavy atom. The molecule has 0 aliphatic carbocycles. The van der Waals surface area contributed by atoms with Crippen LogP contribution in [0.3, 0.4) is 0 Å². The molecule has 0 bridgehead atoms. The predicted octanol–water partition coefficient (Wildman–Crippen LogP) is 3.23. The smallest absolute Gasteiger partial charge is 0.283 e. The summed E-state index contributed by atoms with van der Waals surface area (Å²) in [5.74, 6) is 0. The zero-order valence-corrected chi connectivity index (χ0v) is 8.67. The number of rotatable bonds is 1. The normalized spacial score (nSPS) is 14.1. The number of fused-ring (bicyclic) bond motifs is 1. The lowest BCUT2D eigenvalue weighted by molar-refractivity contribution is 1.47. The highest BCUT2D eigenvalue weighted by molar-refractivity contribution is 6.71. The molecule has 0 unspecified atom stereocenters. The van der Waals surface area contributed by atoms with Crippen molar-refractivity contribution < 1.29 is 0 Å². The maximum atomic E-state index is 3.99. The molecule has 70 valence electrons. The van der Waals surface area contributed by atoms with E-state index in [1.54, 1.807) is 0 Å². The molecule has 14 heavy (non-hydrogen) atoms. The summed E-state index contributed by atoms with van der Waals surface area (Å²) in [6, 6.07) is 8.34. The fraction of sp³-hybridized carbons (Fsp3) is 0.167.